The Kier molecular flexibility index (Phi) is 4.18. The zero-order chi connectivity index (χ0) is 20.8. The van der Waals surface area contributed by atoms with E-state index in [0.717, 1.165) is 4.57 Å². The zero-order valence-corrected chi connectivity index (χ0v) is 16.0. The largest absolute Gasteiger partial charge is 0.416 e. The number of benzene rings is 1. The molecule has 3 aromatic heterocycles. The first-order valence-electron chi connectivity index (χ1n) is 8.75. The summed E-state index contributed by atoms with van der Waals surface area (Å²) in [5.41, 5.74) is -0.406. The third-order valence-corrected chi connectivity index (χ3v) is 4.87. The van der Waals surface area contributed by atoms with Crippen LogP contribution in [0.3, 0.4) is 0 Å². The molecule has 0 aliphatic rings. The average molecular weight is 394 g/mol. The number of fused-ring (bicyclic) bond motifs is 1. The second-order valence-electron chi connectivity index (χ2n) is 6.65. The predicted octanol–water partition coefficient (Wildman–Crippen LogP) is 0.666. The standard InChI is InChI=1S/C19H18N6O4/c1-19(24-10-9-20-11-24,29-17(27)13-7-5-4-6-8-13)25-12-21-15-14(25)16(26)23(3)18(28)22(15)2/h4-12H,1-3H3. The van der Waals surface area contributed by atoms with Crippen LogP contribution in [0.4, 0.5) is 0 Å². The maximum Gasteiger partial charge on any atom is 0.341 e. The highest BCUT2D eigenvalue weighted by Gasteiger charge is 2.36. The first kappa shape index (κ1) is 18.4. The number of imidazole rings is 2. The number of nitrogens with zero attached hydrogens (tertiary/aromatic N) is 6. The van der Waals surface area contributed by atoms with Gasteiger partial charge in [-0.3, -0.25) is 23.1 Å². The molecule has 0 aliphatic heterocycles. The predicted molar refractivity (Wildman–Crippen MR) is 103 cm³/mol. The lowest BCUT2D eigenvalue weighted by Crippen LogP contribution is -2.44. The van der Waals surface area contributed by atoms with E-state index >= 15 is 0 Å². The van der Waals surface area contributed by atoms with Crippen LogP contribution in [0.25, 0.3) is 11.2 Å². The maximum atomic E-state index is 12.9. The van der Waals surface area contributed by atoms with Gasteiger partial charge in [0.2, 0.25) is 0 Å². The number of carbonyl (C=O) groups excluding carboxylic acids is 1. The van der Waals surface area contributed by atoms with E-state index in [1.165, 1.54) is 42.1 Å². The van der Waals surface area contributed by atoms with Gasteiger partial charge in [0, 0.05) is 33.4 Å². The fourth-order valence-corrected chi connectivity index (χ4v) is 3.20. The molecule has 4 aromatic rings. The van der Waals surface area contributed by atoms with Crippen molar-refractivity contribution in [3.63, 3.8) is 0 Å². The highest BCUT2D eigenvalue weighted by molar-refractivity contribution is 5.89. The van der Waals surface area contributed by atoms with Gasteiger partial charge in [-0.15, -0.1) is 0 Å². The fourth-order valence-electron chi connectivity index (χ4n) is 3.20. The zero-order valence-electron chi connectivity index (χ0n) is 16.0. The summed E-state index contributed by atoms with van der Waals surface area (Å²) in [5, 5.41) is 0. The van der Waals surface area contributed by atoms with Gasteiger partial charge in [0.25, 0.3) is 11.4 Å². The van der Waals surface area contributed by atoms with E-state index < -0.39 is 23.1 Å². The van der Waals surface area contributed by atoms with Crippen molar-refractivity contribution >= 4 is 17.1 Å². The first-order chi connectivity index (χ1) is 13.8. The van der Waals surface area contributed by atoms with E-state index in [4.69, 9.17) is 4.74 Å². The van der Waals surface area contributed by atoms with E-state index in [-0.39, 0.29) is 11.2 Å². The second kappa shape index (κ2) is 6.59. The fraction of sp³-hybridized carbons (Fsp3) is 0.211. The number of esters is 1. The molecule has 1 aromatic carbocycles. The Hall–Kier alpha value is -3.95. The molecule has 0 bridgehead atoms. The topological polar surface area (TPSA) is 106 Å². The lowest BCUT2D eigenvalue weighted by molar-refractivity contribution is -0.0724. The van der Waals surface area contributed by atoms with Crippen LogP contribution in [0.2, 0.25) is 0 Å². The summed E-state index contributed by atoms with van der Waals surface area (Å²) in [6.07, 6.45) is 5.97. The molecule has 1 atom stereocenters. The van der Waals surface area contributed by atoms with Crippen LogP contribution in [-0.4, -0.2) is 34.2 Å². The number of rotatable bonds is 4. The van der Waals surface area contributed by atoms with Gasteiger partial charge in [-0.2, -0.15) is 0 Å². The van der Waals surface area contributed by atoms with Crippen molar-refractivity contribution < 1.29 is 9.53 Å². The number of ether oxygens (including phenoxy) is 1. The molecular formula is C19H18N6O4. The molecule has 29 heavy (non-hydrogen) atoms. The van der Waals surface area contributed by atoms with Crippen LogP contribution in [0.15, 0.2) is 65.0 Å². The van der Waals surface area contributed by atoms with Crippen LogP contribution >= 0.6 is 0 Å². The molecule has 10 nitrogen and oxygen atoms in total. The number of aryl methyl sites for hydroxylation is 1. The highest BCUT2D eigenvalue weighted by atomic mass is 16.6. The maximum absolute atomic E-state index is 12.9. The number of hydrogen-bond donors (Lipinski definition) is 0. The molecule has 3 heterocycles. The Morgan fingerprint density at radius 3 is 2.45 bits per heavy atom. The molecule has 0 amide bonds. The molecule has 1 unspecified atom stereocenters. The first-order valence-corrected chi connectivity index (χ1v) is 8.75. The second-order valence-corrected chi connectivity index (χ2v) is 6.65. The Morgan fingerprint density at radius 1 is 1.07 bits per heavy atom. The summed E-state index contributed by atoms with van der Waals surface area (Å²) >= 11 is 0. The molecule has 0 saturated carbocycles. The normalized spacial score (nSPS) is 13.3. The van der Waals surface area contributed by atoms with Crippen molar-refractivity contribution in [2.24, 2.45) is 14.1 Å². The summed E-state index contributed by atoms with van der Waals surface area (Å²) in [4.78, 5) is 46.2. The van der Waals surface area contributed by atoms with Gasteiger partial charge in [-0.1, -0.05) is 18.2 Å². The van der Waals surface area contributed by atoms with E-state index in [1.54, 1.807) is 48.0 Å². The van der Waals surface area contributed by atoms with E-state index in [9.17, 15) is 14.4 Å². The number of carbonyl (C=O) groups is 1. The molecule has 148 valence electrons. The van der Waals surface area contributed by atoms with E-state index in [2.05, 4.69) is 9.97 Å². The van der Waals surface area contributed by atoms with Crippen LogP contribution in [-0.2, 0) is 24.7 Å². The average Bonchev–Trinajstić information content (AvgIpc) is 3.42. The van der Waals surface area contributed by atoms with Crippen molar-refractivity contribution in [1.29, 1.82) is 0 Å². The summed E-state index contributed by atoms with van der Waals surface area (Å²) in [7, 11) is 2.90. The monoisotopic (exact) mass is 394 g/mol. The molecule has 0 aliphatic carbocycles. The van der Waals surface area contributed by atoms with E-state index in [1.807, 2.05) is 0 Å². The van der Waals surface area contributed by atoms with Gasteiger partial charge in [0.15, 0.2) is 11.2 Å². The van der Waals surface area contributed by atoms with Crippen molar-refractivity contribution in [2.75, 3.05) is 0 Å². The Balaban J connectivity index is 1.96. The molecular weight excluding hydrogens is 376 g/mol. The summed E-state index contributed by atoms with van der Waals surface area (Å²) in [6.45, 7) is 1.61. The third kappa shape index (κ3) is 2.76. The van der Waals surface area contributed by atoms with Gasteiger partial charge in [-0.05, 0) is 12.1 Å². The van der Waals surface area contributed by atoms with Gasteiger partial charge in [0.05, 0.1) is 11.9 Å². The smallest absolute Gasteiger partial charge is 0.341 e. The van der Waals surface area contributed by atoms with E-state index in [0.29, 0.717) is 5.56 Å². The summed E-state index contributed by atoms with van der Waals surface area (Å²) < 4.78 is 11.1. The van der Waals surface area contributed by atoms with Gasteiger partial charge in [0.1, 0.15) is 6.33 Å². The minimum atomic E-state index is -1.50. The minimum Gasteiger partial charge on any atom is -0.416 e. The van der Waals surface area contributed by atoms with Gasteiger partial charge in [-0.25, -0.2) is 19.6 Å². The molecule has 4 rings (SSSR count). The Bertz CT molecular complexity index is 1320. The molecule has 0 saturated heterocycles. The molecule has 0 N–H and O–H groups in total. The number of aromatic nitrogens is 6. The number of hydrogen-bond acceptors (Lipinski definition) is 6. The van der Waals surface area contributed by atoms with Crippen molar-refractivity contribution in [2.45, 2.75) is 12.8 Å². The molecule has 0 fully saturated rings. The molecule has 10 heteroatoms. The van der Waals surface area contributed by atoms with Crippen molar-refractivity contribution in [3.8, 4) is 0 Å². The summed E-state index contributed by atoms with van der Waals surface area (Å²) in [5.74, 6) is -2.09. The van der Waals surface area contributed by atoms with Crippen LogP contribution in [0.1, 0.15) is 17.3 Å². The molecule has 0 spiro atoms. The SMILES string of the molecule is Cn1c(=O)c2c(ncn2C(C)(OC(=O)c2ccccc2)n2ccnc2)n(C)c1=O. The summed E-state index contributed by atoms with van der Waals surface area (Å²) in [6, 6.07) is 8.50. The third-order valence-electron chi connectivity index (χ3n) is 4.87. The molecule has 0 radical (unpaired) electrons. The van der Waals surface area contributed by atoms with Gasteiger partial charge < -0.3 is 4.74 Å². The Morgan fingerprint density at radius 2 is 1.79 bits per heavy atom. The van der Waals surface area contributed by atoms with Crippen LogP contribution < -0.4 is 11.2 Å². The van der Waals surface area contributed by atoms with Crippen molar-refractivity contribution in [3.05, 3.63) is 81.8 Å². The highest BCUT2D eigenvalue weighted by Crippen LogP contribution is 2.25. The minimum absolute atomic E-state index is 0.117. The lowest BCUT2D eigenvalue weighted by Gasteiger charge is -2.32. The lowest BCUT2D eigenvalue weighted by atomic mass is 10.2. The van der Waals surface area contributed by atoms with Crippen LogP contribution in [0.5, 0.6) is 0 Å². The quantitative estimate of drug-likeness (QED) is 0.471. The van der Waals surface area contributed by atoms with Crippen molar-refractivity contribution in [1.82, 2.24) is 28.2 Å². The van der Waals surface area contributed by atoms with Crippen LogP contribution in [0, 0.1) is 0 Å². The van der Waals surface area contributed by atoms with Gasteiger partial charge >= 0.3 is 11.7 Å². The Labute approximate surface area is 164 Å².